The van der Waals surface area contributed by atoms with Gasteiger partial charge in [-0.25, -0.2) is 0 Å². The van der Waals surface area contributed by atoms with E-state index in [-0.39, 0.29) is 5.41 Å². The summed E-state index contributed by atoms with van der Waals surface area (Å²) in [6.45, 7) is 4.74. The van der Waals surface area contributed by atoms with Crippen molar-refractivity contribution in [1.82, 2.24) is 4.57 Å². The van der Waals surface area contributed by atoms with Crippen LogP contribution in [0.2, 0.25) is 0 Å². The number of nitrogens with zero attached hydrogens (tertiary/aromatic N) is 2. The fourth-order valence-electron chi connectivity index (χ4n) is 9.37. The SMILES string of the molecule is CC1(C)c2ccccc2-c2ccc(N(c3ccc4c5ccc(C6CCCCC6)cc5n(-c5ccccc5)c4c3)c3cccc4ccccc34)cc21. The van der Waals surface area contributed by atoms with Crippen LogP contribution in [-0.2, 0) is 5.41 Å². The Morgan fingerprint density at radius 3 is 2.06 bits per heavy atom. The highest BCUT2D eigenvalue weighted by molar-refractivity contribution is 6.11. The minimum atomic E-state index is -0.0912. The van der Waals surface area contributed by atoms with Crippen LogP contribution in [0.5, 0.6) is 0 Å². The van der Waals surface area contributed by atoms with Crippen LogP contribution in [0, 0.1) is 0 Å². The molecule has 0 N–H and O–H groups in total. The Kier molecular flexibility index (Phi) is 6.96. The first-order chi connectivity index (χ1) is 25.1. The zero-order valence-electron chi connectivity index (χ0n) is 29.4. The van der Waals surface area contributed by atoms with Crippen LogP contribution in [-0.4, -0.2) is 4.57 Å². The normalized spacial score (nSPS) is 15.3. The summed E-state index contributed by atoms with van der Waals surface area (Å²) >= 11 is 0. The highest BCUT2D eigenvalue weighted by Crippen LogP contribution is 2.51. The third-order valence-electron chi connectivity index (χ3n) is 12.0. The number of hydrogen-bond acceptors (Lipinski definition) is 1. The molecule has 0 aliphatic heterocycles. The summed E-state index contributed by atoms with van der Waals surface area (Å²) in [4.78, 5) is 2.49. The maximum Gasteiger partial charge on any atom is 0.0561 e. The second-order valence-corrected chi connectivity index (χ2v) is 15.2. The molecule has 8 aromatic rings. The Labute approximate surface area is 300 Å². The van der Waals surface area contributed by atoms with E-state index in [0.717, 1.165) is 5.69 Å². The van der Waals surface area contributed by atoms with Gasteiger partial charge in [-0.3, -0.25) is 0 Å². The highest BCUT2D eigenvalue weighted by atomic mass is 15.1. The fourth-order valence-corrected chi connectivity index (χ4v) is 9.37. The van der Waals surface area contributed by atoms with Gasteiger partial charge in [-0.05, 0) is 100 Å². The number of hydrogen-bond donors (Lipinski definition) is 0. The largest absolute Gasteiger partial charge is 0.310 e. The molecule has 2 nitrogen and oxygen atoms in total. The standard InChI is InChI=1S/C49H42N2/c1-49(2)44-22-12-11-21-40(44)41-28-25-37(31-45(41)49)50(46-23-13-17-34-16-9-10-20-39(34)46)38-26-29-43-42-27-24-35(33-14-5-3-6-15-33)30-47(42)51(48(43)32-38)36-18-7-4-8-19-36/h4,7-13,16-33H,3,5-6,14-15H2,1-2H3. The molecule has 0 radical (unpaired) electrons. The first kappa shape index (κ1) is 30.2. The van der Waals surface area contributed by atoms with Crippen molar-refractivity contribution in [2.45, 2.75) is 57.3 Å². The Hall–Kier alpha value is -5.60. The maximum atomic E-state index is 2.50. The van der Waals surface area contributed by atoms with Crippen molar-refractivity contribution in [1.29, 1.82) is 0 Å². The van der Waals surface area contributed by atoms with Crippen LogP contribution in [0.25, 0.3) is 49.4 Å². The molecule has 0 saturated heterocycles. The molecular weight excluding hydrogens is 617 g/mol. The Morgan fingerprint density at radius 1 is 0.529 bits per heavy atom. The molecular formula is C49H42N2. The molecule has 0 atom stereocenters. The molecule has 1 saturated carbocycles. The van der Waals surface area contributed by atoms with E-state index in [4.69, 9.17) is 0 Å². The van der Waals surface area contributed by atoms with Crippen molar-refractivity contribution in [3.8, 4) is 16.8 Å². The van der Waals surface area contributed by atoms with Crippen LogP contribution in [0.15, 0.2) is 152 Å². The molecule has 0 unspecified atom stereocenters. The highest BCUT2D eigenvalue weighted by Gasteiger charge is 2.36. The minimum absolute atomic E-state index is 0.0912. The van der Waals surface area contributed by atoms with Gasteiger partial charge in [0.15, 0.2) is 0 Å². The number of rotatable bonds is 5. The van der Waals surface area contributed by atoms with Gasteiger partial charge in [-0.1, -0.05) is 136 Å². The average Bonchev–Trinajstić information content (AvgIpc) is 3.63. The topological polar surface area (TPSA) is 8.17 Å². The van der Waals surface area contributed by atoms with E-state index < -0.39 is 0 Å². The van der Waals surface area contributed by atoms with Crippen molar-refractivity contribution >= 4 is 49.6 Å². The maximum absolute atomic E-state index is 2.50. The van der Waals surface area contributed by atoms with E-state index >= 15 is 0 Å². The molecule has 1 aromatic heterocycles. The average molecular weight is 659 g/mol. The van der Waals surface area contributed by atoms with Crippen molar-refractivity contribution in [2.24, 2.45) is 0 Å². The molecule has 248 valence electrons. The van der Waals surface area contributed by atoms with E-state index in [1.54, 1.807) is 0 Å². The molecule has 2 heteroatoms. The quantitative estimate of drug-likeness (QED) is 0.179. The van der Waals surface area contributed by atoms with Crippen molar-refractivity contribution in [2.75, 3.05) is 4.90 Å². The minimum Gasteiger partial charge on any atom is -0.310 e. The lowest BCUT2D eigenvalue weighted by Crippen LogP contribution is -2.16. The summed E-state index contributed by atoms with van der Waals surface area (Å²) < 4.78 is 2.50. The summed E-state index contributed by atoms with van der Waals surface area (Å²) in [5, 5.41) is 5.08. The van der Waals surface area contributed by atoms with Crippen LogP contribution >= 0.6 is 0 Å². The lowest BCUT2D eigenvalue weighted by molar-refractivity contribution is 0.444. The molecule has 2 aliphatic carbocycles. The van der Waals surface area contributed by atoms with Crippen LogP contribution in [0.1, 0.15) is 68.6 Å². The summed E-state index contributed by atoms with van der Waals surface area (Å²) in [6.07, 6.45) is 6.63. The summed E-state index contributed by atoms with van der Waals surface area (Å²) in [5.41, 5.74) is 14.1. The fraction of sp³-hybridized carbons (Fsp3) is 0.184. The first-order valence-electron chi connectivity index (χ1n) is 18.7. The summed E-state index contributed by atoms with van der Waals surface area (Å²) in [7, 11) is 0. The van der Waals surface area contributed by atoms with Gasteiger partial charge in [0, 0.05) is 38.6 Å². The zero-order chi connectivity index (χ0) is 34.1. The molecule has 0 amide bonds. The van der Waals surface area contributed by atoms with E-state index in [9.17, 15) is 0 Å². The predicted molar refractivity (Wildman–Crippen MR) is 216 cm³/mol. The monoisotopic (exact) mass is 658 g/mol. The number of para-hydroxylation sites is 1. The molecule has 51 heavy (non-hydrogen) atoms. The zero-order valence-corrected chi connectivity index (χ0v) is 29.4. The molecule has 10 rings (SSSR count). The van der Waals surface area contributed by atoms with Gasteiger partial charge < -0.3 is 9.47 Å². The smallest absolute Gasteiger partial charge is 0.0561 e. The molecule has 0 spiro atoms. The lowest BCUT2D eigenvalue weighted by Gasteiger charge is -2.29. The molecule has 7 aromatic carbocycles. The molecule has 1 heterocycles. The third-order valence-corrected chi connectivity index (χ3v) is 12.0. The van der Waals surface area contributed by atoms with Gasteiger partial charge in [0.25, 0.3) is 0 Å². The van der Waals surface area contributed by atoms with Gasteiger partial charge in [0.05, 0.1) is 16.7 Å². The molecule has 0 bridgehead atoms. The van der Waals surface area contributed by atoms with E-state index in [2.05, 4.69) is 175 Å². The second-order valence-electron chi connectivity index (χ2n) is 15.2. The lowest BCUT2D eigenvalue weighted by atomic mass is 9.82. The summed E-state index contributed by atoms with van der Waals surface area (Å²) in [6, 6.07) is 56.9. The van der Waals surface area contributed by atoms with Crippen LogP contribution in [0.4, 0.5) is 17.1 Å². The van der Waals surface area contributed by atoms with E-state index in [1.165, 1.54) is 110 Å². The van der Waals surface area contributed by atoms with Crippen LogP contribution in [0.3, 0.4) is 0 Å². The van der Waals surface area contributed by atoms with E-state index in [0.29, 0.717) is 5.92 Å². The van der Waals surface area contributed by atoms with Gasteiger partial charge in [-0.2, -0.15) is 0 Å². The van der Waals surface area contributed by atoms with E-state index in [1.807, 2.05) is 0 Å². The van der Waals surface area contributed by atoms with Crippen molar-refractivity contribution in [3.05, 3.63) is 168 Å². The number of benzene rings is 7. The third kappa shape index (κ3) is 4.77. The number of fused-ring (bicyclic) bond motifs is 7. The summed E-state index contributed by atoms with van der Waals surface area (Å²) in [5.74, 6) is 0.651. The number of aromatic nitrogens is 1. The van der Waals surface area contributed by atoms with Crippen LogP contribution < -0.4 is 4.90 Å². The predicted octanol–water partition coefficient (Wildman–Crippen LogP) is 13.8. The molecule has 1 fully saturated rings. The Balaban J connectivity index is 1.22. The number of anilines is 3. The van der Waals surface area contributed by atoms with Gasteiger partial charge in [0.2, 0.25) is 0 Å². The Bertz CT molecular complexity index is 2600. The van der Waals surface area contributed by atoms with Crippen molar-refractivity contribution in [3.63, 3.8) is 0 Å². The molecule has 2 aliphatic rings. The van der Waals surface area contributed by atoms with Gasteiger partial charge in [-0.15, -0.1) is 0 Å². The Morgan fingerprint density at radius 2 is 1.20 bits per heavy atom. The van der Waals surface area contributed by atoms with Gasteiger partial charge in [0.1, 0.15) is 0 Å². The van der Waals surface area contributed by atoms with Gasteiger partial charge >= 0.3 is 0 Å². The first-order valence-corrected chi connectivity index (χ1v) is 18.7. The van der Waals surface area contributed by atoms with Crippen molar-refractivity contribution < 1.29 is 0 Å². The second kappa shape index (κ2) is 11.7.